The Morgan fingerprint density at radius 3 is 2.79 bits per heavy atom. The minimum atomic E-state index is -0.330. The van der Waals surface area contributed by atoms with Crippen molar-refractivity contribution in [1.29, 1.82) is 0 Å². The first-order chi connectivity index (χ1) is 9.13. The van der Waals surface area contributed by atoms with Crippen molar-refractivity contribution in [3.63, 3.8) is 0 Å². The molecule has 19 heavy (non-hydrogen) atoms. The highest BCUT2D eigenvalue weighted by atomic mass is 32.1. The average Bonchev–Trinajstić information content (AvgIpc) is 2.87. The molecule has 7 heteroatoms. The Morgan fingerprint density at radius 1 is 1.42 bits per heavy atom. The van der Waals surface area contributed by atoms with Crippen LogP contribution in [0.4, 0.5) is 0 Å². The first kappa shape index (κ1) is 15.6. The summed E-state index contributed by atoms with van der Waals surface area (Å²) in [6.45, 7) is 2.11. The van der Waals surface area contributed by atoms with Crippen molar-refractivity contribution in [2.24, 2.45) is 0 Å². The smallest absolute Gasteiger partial charge is 0.245 e. The summed E-state index contributed by atoms with van der Waals surface area (Å²) < 4.78 is 4.78. The summed E-state index contributed by atoms with van der Waals surface area (Å²) in [6, 6.07) is 3.43. The van der Waals surface area contributed by atoms with Crippen LogP contribution in [0.25, 0.3) is 0 Å². The molecule has 1 heterocycles. The summed E-state index contributed by atoms with van der Waals surface area (Å²) in [7, 11) is 1.55. The Kier molecular flexibility index (Phi) is 7.09. The van der Waals surface area contributed by atoms with E-state index < -0.39 is 0 Å². The lowest BCUT2D eigenvalue weighted by atomic mass is 10.1. The number of amides is 2. The minimum Gasteiger partial charge on any atom is -0.382 e. The molecule has 6 nitrogen and oxygen atoms in total. The van der Waals surface area contributed by atoms with Crippen LogP contribution >= 0.6 is 11.3 Å². The monoisotopic (exact) mass is 286 g/mol. The molecule has 106 valence electrons. The topological polar surface area (TPSA) is 76.7 Å². The van der Waals surface area contributed by atoms with Crippen molar-refractivity contribution in [3.8, 4) is 0 Å². The van der Waals surface area contributed by atoms with E-state index in [0.29, 0.717) is 6.61 Å². The molecule has 0 spiro atoms. The molecular formula is C12H18N2O4S. The number of carbonyl (C=O) groups excluding carboxylic acids is 2. The van der Waals surface area contributed by atoms with Crippen LogP contribution < -0.4 is 10.8 Å². The fraction of sp³-hybridized carbons (Fsp3) is 0.500. The van der Waals surface area contributed by atoms with Crippen molar-refractivity contribution >= 4 is 23.2 Å². The van der Waals surface area contributed by atoms with Gasteiger partial charge in [-0.2, -0.15) is 0 Å². The van der Waals surface area contributed by atoms with Gasteiger partial charge in [0.25, 0.3) is 0 Å². The maximum absolute atomic E-state index is 11.7. The van der Waals surface area contributed by atoms with Crippen molar-refractivity contribution in [1.82, 2.24) is 10.8 Å². The first-order valence-corrected chi connectivity index (χ1v) is 6.71. The Morgan fingerprint density at radius 2 is 2.21 bits per heavy atom. The molecule has 0 aliphatic rings. The number of ether oxygens (including phenoxy) is 1. The summed E-state index contributed by atoms with van der Waals surface area (Å²) in [4.78, 5) is 28.7. The van der Waals surface area contributed by atoms with Crippen LogP contribution in [-0.4, -0.2) is 32.1 Å². The second kappa shape index (κ2) is 8.63. The summed E-state index contributed by atoms with van der Waals surface area (Å²) in [6.07, 6.45) is 0.132. The fourth-order valence-electron chi connectivity index (χ4n) is 1.44. The molecule has 0 saturated heterocycles. The minimum absolute atomic E-state index is 0.132. The van der Waals surface area contributed by atoms with Gasteiger partial charge in [0.05, 0.1) is 25.7 Å². The van der Waals surface area contributed by atoms with E-state index in [0.717, 1.165) is 4.88 Å². The Balaban J connectivity index is 2.44. The number of carbonyl (C=O) groups is 2. The van der Waals surface area contributed by atoms with Crippen LogP contribution in [0.1, 0.15) is 24.3 Å². The highest BCUT2D eigenvalue weighted by molar-refractivity contribution is 7.10. The van der Waals surface area contributed by atoms with Crippen molar-refractivity contribution in [3.05, 3.63) is 22.4 Å². The Labute approximate surface area is 116 Å². The molecule has 0 fully saturated rings. The van der Waals surface area contributed by atoms with Gasteiger partial charge in [0.1, 0.15) is 0 Å². The van der Waals surface area contributed by atoms with Crippen LogP contribution in [0.5, 0.6) is 0 Å². The maximum atomic E-state index is 11.7. The van der Waals surface area contributed by atoms with Gasteiger partial charge in [-0.3, -0.25) is 14.4 Å². The number of hydrogen-bond acceptors (Lipinski definition) is 5. The van der Waals surface area contributed by atoms with Crippen LogP contribution in [0.15, 0.2) is 17.5 Å². The molecule has 0 bridgehead atoms. The van der Waals surface area contributed by atoms with Gasteiger partial charge in [0.2, 0.25) is 11.8 Å². The van der Waals surface area contributed by atoms with Crippen molar-refractivity contribution in [2.45, 2.75) is 19.4 Å². The average molecular weight is 286 g/mol. The first-order valence-electron chi connectivity index (χ1n) is 5.83. The molecule has 0 aliphatic heterocycles. The number of thiophene rings is 1. The van der Waals surface area contributed by atoms with E-state index in [2.05, 4.69) is 10.8 Å². The predicted molar refractivity (Wildman–Crippen MR) is 71.5 cm³/mol. The van der Waals surface area contributed by atoms with E-state index in [9.17, 15) is 9.59 Å². The zero-order chi connectivity index (χ0) is 14.1. The molecule has 0 saturated carbocycles. The fourth-order valence-corrected chi connectivity index (χ4v) is 2.22. The second-order valence-corrected chi connectivity index (χ2v) is 4.82. The van der Waals surface area contributed by atoms with Gasteiger partial charge >= 0.3 is 0 Å². The third kappa shape index (κ3) is 6.32. The molecule has 0 aromatic carbocycles. The summed E-state index contributed by atoms with van der Waals surface area (Å²) in [5, 5.41) is 4.65. The van der Waals surface area contributed by atoms with E-state index in [4.69, 9.17) is 9.57 Å². The van der Waals surface area contributed by atoms with Crippen LogP contribution in [-0.2, 0) is 19.2 Å². The molecular weight excluding hydrogens is 268 g/mol. The van der Waals surface area contributed by atoms with Crippen molar-refractivity contribution < 1.29 is 19.2 Å². The van der Waals surface area contributed by atoms with Gasteiger partial charge in [-0.1, -0.05) is 6.07 Å². The van der Waals surface area contributed by atoms with Gasteiger partial charge in [-0.15, -0.1) is 11.3 Å². The lowest BCUT2D eigenvalue weighted by molar-refractivity contribution is -0.135. The van der Waals surface area contributed by atoms with Crippen LogP contribution in [0, 0.1) is 0 Å². The standard InChI is InChI=1S/C12H18N2O4S/c1-9(15)13-10(11-4-3-7-19-11)8-12(16)14-18-6-5-17-2/h3-4,7,10H,5-6,8H2,1-2H3,(H,13,15)(H,14,16). The van der Waals surface area contributed by atoms with Crippen LogP contribution in [0.2, 0.25) is 0 Å². The second-order valence-electron chi connectivity index (χ2n) is 3.84. The molecule has 1 atom stereocenters. The third-order valence-corrected chi connectivity index (χ3v) is 3.22. The van der Waals surface area contributed by atoms with Gasteiger partial charge < -0.3 is 10.1 Å². The SMILES string of the molecule is COCCONC(=O)CC(NC(C)=O)c1cccs1. The molecule has 2 amide bonds. The molecule has 2 N–H and O–H groups in total. The molecule has 1 aromatic heterocycles. The lowest BCUT2D eigenvalue weighted by Crippen LogP contribution is -2.32. The van der Waals surface area contributed by atoms with E-state index in [1.807, 2.05) is 17.5 Å². The number of nitrogens with one attached hydrogen (secondary N) is 2. The number of hydrogen-bond donors (Lipinski definition) is 2. The number of hydroxylamine groups is 1. The molecule has 1 unspecified atom stereocenters. The summed E-state index contributed by atoms with van der Waals surface area (Å²) >= 11 is 1.49. The predicted octanol–water partition coefficient (Wildman–Crippen LogP) is 1.01. The zero-order valence-corrected chi connectivity index (χ0v) is 11.8. The van der Waals surface area contributed by atoms with E-state index in [1.54, 1.807) is 7.11 Å². The van der Waals surface area contributed by atoms with E-state index in [-0.39, 0.29) is 30.9 Å². The highest BCUT2D eigenvalue weighted by Crippen LogP contribution is 2.21. The lowest BCUT2D eigenvalue weighted by Gasteiger charge is -2.16. The maximum Gasteiger partial charge on any atom is 0.245 e. The van der Waals surface area contributed by atoms with Gasteiger partial charge in [0.15, 0.2) is 0 Å². The van der Waals surface area contributed by atoms with Gasteiger partial charge in [0, 0.05) is 18.9 Å². The Hall–Kier alpha value is -1.44. The number of methoxy groups -OCH3 is 1. The normalized spacial score (nSPS) is 11.9. The molecule has 0 radical (unpaired) electrons. The van der Waals surface area contributed by atoms with E-state index >= 15 is 0 Å². The van der Waals surface area contributed by atoms with Crippen LogP contribution in [0.3, 0.4) is 0 Å². The van der Waals surface area contributed by atoms with Crippen molar-refractivity contribution in [2.75, 3.05) is 20.3 Å². The number of rotatable bonds is 8. The highest BCUT2D eigenvalue weighted by Gasteiger charge is 2.17. The quantitative estimate of drug-likeness (QED) is 0.552. The van der Waals surface area contributed by atoms with Gasteiger partial charge in [-0.05, 0) is 11.4 Å². The molecule has 0 aliphatic carbocycles. The largest absolute Gasteiger partial charge is 0.382 e. The zero-order valence-electron chi connectivity index (χ0n) is 11.0. The van der Waals surface area contributed by atoms with E-state index in [1.165, 1.54) is 18.3 Å². The molecule has 1 rings (SSSR count). The Bertz CT molecular complexity index is 394. The summed E-state index contributed by atoms with van der Waals surface area (Å²) in [5.41, 5.74) is 2.32. The van der Waals surface area contributed by atoms with Gasteiger partial charge in [-0.25, -0.2) is 5.48 Å². The third-order valence-electron chi connectivity index (χ3n) is 2.23. The summed E-state index contributed by atoms with van der Waals surface area (Å²) in [5.74, 6) is -0.463. The molecule has 1 aromatic rings.